The number of nitrogens with one attached hydrogen (secondary N) is 1. The van der Waals surface area contributed by atoms with Gasteiger partial charge in [0.1, 0.15) is 5.82 Å². The summed E-state index contributed by atoms with van der Waals surface area (Å²) in [6, 6.07) is 13.6. The van der Waals surface area contributed by atoms with Crippen molar-refractivity contribution in [1.82, 2.24) is 14.9 Å². The molecule has 1 aliphatic heterocycles. The molecule has 7 nitrogen and oxygen atoms in total. The van der Waals surface area contributed by atoms with Crippen LogP contribution in [0, 0.1) is 0 Å². The minimum atomic E-state index is -0.163. The number of hydrazine groups is 1. The molecule has 0 saturated heterocycles. The first-order valence-electron chi connectivity index (χ1n) is 9.86. The van der Waals surface area contributed by atoms with Gasteiger partial charge in [0.25, 0.3) is 5.91 Å². The van der Waals surface area contributed by atoms with Gasteiger partial charge in [0, 0.05) is 43.5 Å². The molecule has 1 aliphatic rings. The lowest BCUT2D eigenvalue weighted by Gasteiger charge is -2.25. The third-order valence-corrected chi connectivity index (χ3v) is 5.31. The van der Waals surface area contributed by atoms with Crippen molar-refractivity contribution in [2.24, 2.45) is 11.6 Å². The van der Waals surface area contributed by atoms with Crippen LogP contribution in [-0.4, -0.2) is 41.4 Å². The summed E-state index contributed by atoms with van der Waals surface area (Å²) >= 11 is 0. The normalized spacial score (nSPS) is 14.4. The van der Waals surface area contributed by atoms with Crippen molar-refractivity contribution in [2.45, 2.75) is 13.0 Å². The third-order valence-electron chi connectivity index (χ3n) is 5.31. The minimum Gasteiger partial charge on any atom is -0.397 e. The molecule has 0 saturated carbocycles. The number of anilines is 1. The number of nitrogens with zero attached hydrogens (tertiary/aromatic N) is 3. The van der Waals surface area contributed by atoms with E-state index in [1.165, 1.54) is 16.1 Å². The molecule has 0 fully saturated rings. The molecule has 7 heteroatoms. The van der Waals surface area contributed by atoms with Crippen LogP contribution >= 0.6 is 0 Å². The Kier molecular flexibility index (Phi) is 5.39. The summed E-state index contributed by atoms with van der Waals surface area (Å²) < 4.78 is 0. The van der Waals surface area contributed by atoms with Crippen molar-refractivity contribution >= 4 is 28.2 Å². The fraction of sp³-hybridized carbons (Fsp3) is 0.217. The molecule has 154 valence electrons. The molecule has 2 heterocycles. The molecular weight excluding hydrogens is 376 g/mol. The smallest absolute Gasteiger partial charge is 0.256 e. The van der Waals surface area contributed by atoms with Crippen LogP contribution in [0.1, 0.15) is 27.0 Å². The highest BCUT2D eigenvalue weighted by molar-refractivity contribution is 6.04. The molecule has 0 aliphatic carbocycles. The Morgan fingerprint density at radius 3 is 2.73 bits per heavy atom. The van der Waals surface area contributed by atoms with Crippen molar-refractivity contribution in [3.63, 3.8) is 0 Å². The van der Waals surface area contributed by atoms with E-state index in [1.54, 1.807) is 19.4 Å². The maximum Gasteiger partial charge on any atom is 0.256 e. The molecule has 4 rings (SSSR count). The fourth-order valence-corrected chi connectivity index (χ4v) is 3.71. The van der Waals surface area contributed by atoms with E-state index < -0.39 is 0 Å². The number of hydrogen-bond donors (Lipinski definition) is 3. The summed E-state index contributed by atoms with van der Waals surface area (Å²) in [5.74, 6) is 5.98. The summed E-state index contributed by atoms with van der Waals surface area (Å²) in [5, 5.41) is 6.22. The van der Waals surface area contributed by atoms with Gasteiger partial charge in [-0.25, -0.2) is 10.8 Å². The summed E-state index contributed by atoms with van der Waals surface area (Å²) in [6.45, 7) is 1.92. The van der Waals surface area contributed by atoms with Crippen LogP contribution in [0.25, 0.3) is 16.5 Å². The van der Waals surface area contributed by atoms with E-state index in [1.807, 2.05) is 42.5 Å². The van der Waals surface area contributed by atoms with Crippen LogP contribution in [0.2, 0.25) is 0 Å². The number of pyridine rings is 1. The number of rotatable bonds is 4. The van der Waals surface area contributed by atoms with Gasteiger partial charge in [-0.15, -0.1) is 0 Å². The Morgan fingerprint density at radius 1 is 1.13 bits per heavy atom. The highest BCUT2D eigenvalue weighted by atomic mass is 16.1. The summed E-state index contributed by atoms with van der Waals surface area (Å²) in [5.41, 5.74) is 10.7. The molecule has 30 heavy (non-hydrogen) atoms. The zero-order valence-corrected chi connectivity index (χ0v) is 17.2. The molecule has 1 amide bonds. The second-order valence-electron chi connectivity index (χ2n) is 7.81. The number of benzene rings is 2. The first kappa shape index (κ1) is 19.9. The average molecular weight is 403 g/mol. The van der Waals surface area contributed by atoms with Gasteiger partial charge in [-0.1, -0.05) is 18.2 Å². The molecule has 0 atom stereocenters. The van der Waals surface area contributed by atoms with E-state index in [0.717, 1.165) is 35.8 Å². The largest absolute Gasteiger partial charge is 0.397 e. The van der Waals surface area contributed by atoms with E-state index in [-0.39, 0.29) is 5.91 Å². The minimum absolute atomic E-state index is 0.163. The molecule has 5 N–H and O–H groups in total. The van der Waals surface area contributed by atoms with Crippen LogP contribution < -0.4 is 16.9 Å². The number of amides is 1. The van der Waals surface area contributed by atoms with E-state index in [9.17, 15) is 4.79 Å². The van der Waals surface area contributed by atoms with Crippen molar-refractivity contribution in [1.29, 1.82) is 0 Å². The first-order valence-corrected chi connectivity index (χ1v) is 9.86. The summed E-state index contributed by atoms with van der Waals surface area (Å²) in [4.78, 5) is 19.4. The number of carbonyl (C=O) groups is 1. The van der Waals surface area contributed by atoms with E-state index >= 15 is 0 Å². The van der Waals surface area contributed by atoms with Gasteiger partial charge in [-0.2, -0.15) is 0 Å². The molecule has 0 spiro atoms. The van der Waals surface area contributed by atoms with Gasteiger partial charge in [0.15, 0.2) is 0 Å². The zero-order chi connectivity index (χ0) is 21.3. The number of likely N-dealkylation sites (N-methyl/N-ethyl adjacent to an activating group) is 1. The highest BCUT2D eigenvalue weighted by Crippen LogP contribution is 2.23. The second-order valence-corrected chi connectivity index (χ2v) is 7.81. The first-order chi connectivity index (χ1) is 14.4. The summed E-state index contributed by atoms with van der Waals surface area (Å²) in [6.07, 6.45) is 4.35. The molecule has 0 unspecified atom stereocenters. The molecular formula is C23H26N6O. The topological polar surface area (TPSA) is 101 Å². The van der Waals surface area contributed by atoms with Crippen LogP contribution in [0.3, 0.4) is 0 Å². The van der Waals surface area contributed by atoms with Gasteiger partial charge in [-0.3, -0.25) is 4.79 Å². The quantitative estimate of drug-likeness (QED) is 0.458. The van der Waals surface area contributed by atoms with Crippen molar-refractivity contribution in [2.75, 3.05) is 26.0 Å². The Morgan fingerprint density at radius 2 is 1.93 bits per heavy atom. The van der Waals surface area contributed by atoms with Crippen LogP contribution in [0.4, 0.5) is 5.82 Å². The number of nitrogens with two attached hydrogens (primary N) is 2. The predicted molar refractivity (Wildman–Crippen MR) is 120 cm³/mol. The Balaban J connectivity index is 1.57. The Bertz CT molecular complexity index is 1140. The van der Waals surface area contributed by atoms with Crippen molar-refractivity contribution in [3.8, 4) is 0 Å². The van der Waals surface area contributed by atoms with E-state index in [4.69, 9.17) is 11.6 Å². The fourth-order valence-electron chi connectivity index (χ4n) is 3.71. The lowest BCUT2D eigenvalue weighted by molar-refractivity contribution is 0.102. The third kappa shape index (κ3) is 4.27. The number of aromatic nitrogens is 1. The summed E-state index contributed by atoms with van der Waals surface area (Å²) in [7, 11) is 3.82. The van der Waals surface area contributed by atoms with Crippen LogP contribution in [0.15, 0.2) is 54.9 Å². The number of fused-ring (bicyclic) bond motifs is 2. The van der Waals surface area contributed by atoms with E-state index in [0.29, 0.717) is 17.1 Å². The monoisotopic (exact) mass is 402 g/mol. The van der Waals surface area contributed by atoms with Gasteiger partial charge in [0.2, 0.25) is 0 Å². The maximum atomic E-state index is 12.8. The Labute approximate surface area is 175 Å². The van der Waals surface area contributed by atoms with Crippen LogP contribution in [0.5, 0.6) is 0 Å². The zero-order valence-electron chi connectivity index (χ0n) is 17.2. The second kappa shape index (κ2) is 8.14. The van der Waals surface area contributed by atoms with Gasteiger partial charge >= 0.3 is 0 Å². The van der Waals surface area contributed by atoms with Crippen molar-refractivity contribution in [3.05, 3.63) is 77.1 Å². The SMILES string of the molecule is CN(N)/C=C(\N)c1ccc2cnc(NC(=O)c3ccc4c(c3)CCN(C)C4)cc2c1. The number of hydrogen-bond acceptors (Lipinski definition) is 6. The molecule has 2 aromatic carbocycles. The molecule has 0 radical (unpaired) electrons. The van der Waals surface area contributed by atoms with Crippen molar-refractivity contribution < 1.29 is 4.79 Å². The molecule has 0 bridgehead atoms. The highest BCUT2D eigenvalue weighted by Gasteiger charge is 2.16. The van der Waals surface area contributed by atoms with Gasteiger partial charge in [-0.05, 0) is 59.8 Å². The Hall–Kier alpha value is -3.42. The van der Waals surface area contributed by atoms with Gasteiger partial charge < -0.3 is 21.0 Å². The molecule has 3 aromatic rings. The van der Waals surface area contributed by atoms with Crippen LogP contribution in [-0.2, 0) is 13.0 Å². The average Bonchev–Trinajstić information content (AvgIpc) is 2.72. The maximum absolute atomic E-state index is 12.8. The standard InChI is InChI=1S/C23H26N6O/c1-28-8-7-15-9-17(4-6-19(15)13-28)23(30)27-22-11-20-10-16(21(24)14-29(2)25)3-5-18(20)12-26-22/h3-6,9-12,14H,7-8,13,24-25H2,1-2H3,(H,26,27,30)/b21-14-. The number of carbonyl (C=O) groups excluding carboxylic acids is 1. The predicted octanol–water partition coefficient (Wildman–Crippen LogP) is 2.54. The lowest BCUT2D eigenvalue weighted by atomic mass is 9.97. The van der Waals surface area contributed by atoms with Gasteiger partial charge in [0.05, 0.1) is 5.70 Å². The lowest BCUT2D eigenvalue weighted by Crippen LogP contribution is -2.27. The molecule has 1 aromatic heterocycles. The van der Waals surface area contributed by atoms with E-state index in [2.05, 4.69) is 22.2 Å².